The van der Waals surface area contributed by atoms with E-state index in [0.717, 1.165) is 48.3 Å². The van der Waals surface area contributed by atoms with E-state index >= 15 is 0 Å². The molecule has 2 N–H and O–H groups in total. The molecule has 32 heavy (non-hydrogen) atoms. The largest absolute Gasteiger partial charge is 0.488 e. The van der Waals surface area contributed by atoms with Crippen molar-refractivity contribution in [1.82, 2.24) is 4.98 Å². The van der Waals surface area contributed by atoms with Gasteiger partial charge in [0.05, 0.1) is 25.4 Å². The Labute approximate surface area is 189 Å². The number of aromatic nitrogens is 1. The van der Waals surface area contributed by atoms with Crippen LogP contribution in [0.3, 0.4) is 0 Å². The molecule has 168 valence electrons. The van der Waals surface area contributed by atoms with Crippen LogP contribution in [-0.2, 0) is 22.7 Å². The Bertz CT molecular complexity index is 1030. The monoisotopic (exact) mass is 435 g/mol. The smallest absolute Gasteiger partial charge is 0.441 e. The first-order valence-corrected chi connectivity index (χ1v) is 11.2. The standard InChI is InChI=1S/C25H30BNO5/c1-17-7-5-9-19(13-17)25-27-24(18(2)32-25)16-31-22-11-6-10-21(14-22)30-15-20-8-3-4-12-23(20)26(28)29/h3-5,7-9,12-13,21-22,28-29H,6,10-11,14-16H2,1-2H3/t21?,22-/m0/s1. The lowest BCUT2D eigenvalue weighted by molar-refractivity contribution is -0.0561. The summed E-state index contributed by atoms with van der Waals surface area (Å²) in [6.45, 7) is 4.74. The first kappa shape index (κ1) is 22.7. The predicted octanol–water partition coefficient (Wildman–Crippen LogP) is 3.68. The maximum absolute atomic E-state index is 9.54. The number of nitrogens with zero attached hydrogens (tertiary/aromatic N) is 1. The number of oxazole rings is 1. The van der Waals surface area contributed by atoms with Crippen molar-refractivity contribution >= 4 is 12.6 Å². The lowest BCUT2D eigenvalue weighted by atomic mass is 9.77. The topological polar surface area (TPSA) is 85.0 Å². The minimum absolute atomic E-state index is 0.0823. The fourth-order valence-corrected chi connectivity index (χ4v) is 4.19. The molecule has 1 fully saturated rings. The lowest BCUT2D eigenvalue weighted by Gasteiger charge is -2.29. The third-order valence-corrected chi connectivity index (χ3v) is 6.00. The lowest BCUT2D eigenvalue weighted by Crippen LogP contribution is -2.34. The van der Waals surface area contributed by atoms with Gasteiger partial charge >= 0.3 is 7.12 Å². The second-order valence-corrected chi connectivity index (χ2v) is 8.50. The summed E-state index contributed by atoms with van der Waals surface area (Å²) in [7, 11) is -1.49. The molecule has 2 atom stereocenters. The molecule has 1 aliphatic rings. The molecule has 2 aromatic carbocycles. The van der Waals surface area contributed by atoms with Crippen LogP contribution in [0.1, 0.15) is 48.3 Å². The zero-order valence-electron chi connectivity index (χ0n) is 18.7. The third-order valence-electron chi connectivity index (χ3n) is 6.00. The Balaban J connectivity index is 1.31. The quantitative estimate of drug-likeness (QED) is 0.525. The highest BCUT2D eigenvalue weighted by atomic mass is 16.5. The molecule has 1 saturated carbocycles. The number of ether oxygens (including phenoxy) is 2. The molecule has 6 nitrogen and oxygen atoms in total. The minimum atomic E-state index is -1.49. The van der Waals surface area contributed by atoms with Gasteiger partial charge in [0.15, 0.2) is 0 Å². The Morgan fingerprint density at radius 2 is 1.75 bits per heavy atom. The van der Waals surface area contributed by atoms with E-state index in [0.29, 0.717) is 24.6 Å². The molecule has 7 heteroatoms. The van der Waals surface area contributed by atoms with Crippen LogP contribution in [0.25, 0.3) is 11.5 Å². The van der Waals surface area contributed by atoms with E-state index < -0.39 is 7.12 Å². The van der Waals surface area contributed by atoms with Gasteiger partial charge in [0.2, 0.25) is 5.89 Å². The summed E-state index contributed by atoms with van der Waals surface area (Å²) in [5.74, 6) is 1.41. The van der Waals surface area contributed by atoms with E-state index in [2.05, 4.69) is 24.0 Å². The van der Waals surface area contributed by atoms with Crippen molar-refractivity contribution in [2.45, 2.75) is 65.0 Å². The molecule has 1 aliphatic carbocycles. The maximum atomic E-state index is 9.54. The number of rotatable bonds is 8. The van der Waals surface area contributed by atoms with Gasteiger partial charge in [-0.05, 0) is 62.7 Å². The number of hydrogen-bond donors (Lipinski definition) is 2. The van der Waals surface area contributed by atoms with Gasteiger partial charge in [0, 0.05) is 5.56 Å². The van der Waals surface area contributed by atoms with Crippen molar-refractivity contribution in [3.05, 3.63) is 71.1 Å². The van der Waals surface area contributed by atoms with Crippen LogP contribution in [0.15, 0.2) is 52.9 Å². The van der Waals surface area contributed by atoms with Gasteiger partial charge in [-0.15, -0.1) is 0 Å². The highest BCUT2D eigenvalue weighted by Gasteiger charge is 2.25. The van der Waals surface area contributed by atoms with Crippen LogP contribution >= 0.6 is 0 Å². The van der Waals surface area contributed by atoms with E-state index in [-0.39, 0.29) is 12.2 Å². The minimum Gasteiger partial charge on any atom is -0.441 e. The molecule has 1 heterocycles. The number of aryl methyl sites for hydroxylation is 2. The molecule has 0 radical (unpaired) electrons. The molecular weight excluding hydrogens is 405 g/mol. The summed E-state index contributed by atoms with van der Waals surface area (Å²) in [4.78, 5) is 4.66. The molecule has 0 saturated heterocycles. The van der Waals surface area contributed by atoms with Crippen molar-refractivity contribution in [1.29, 1.82) is 0 Å². The van der Waals surface area contributed by atoms with E-state index in [1.165, 1.54) is 5.56 Å². The molecule has 0 aliphatic heterocycles. The molecule has 1 aromatic heterocycles. The van der Waals surface area contributed by atoms with Crippen molar-refractivity contribution in [2.75, 3.05) is 0 Å². The van der Waals surface area contributed by atoms with Crippen LogP contribution < -0.4 is 5.46 Å². The summed E-state index contributed by atoms with van der Waals surface area (Å²) in [5, 5.41) is 19.1. The Hall–Kier alpha value is -2.45. The fourth-order valence-electron chi connectivity index (χ4n) is 4.19. The molecule has 3 aromatic rings. The molecule has 4 rings (SSSR count). The van der Waals surface area contributed by atoms with Gasteiger partial charge in [-0.2, -0.15) is 0 Å². The number of hydrogen-bond acceptors (Lipinski definition) is 6. The average molecular weight is 435 g/mol. The van der Waals surface area contributed by atoms with Crippen LogP contribution in [0.5, 0.6) is 0 Å². The molecule has 1 unspecified atom stereocenters. The van der Waals surface area contributed by atoms with Gasteiger partial charge in [-0.25, -0.2) is 4.98 Å². The van der Waals surface area contributed by atoms with Crippen LogP contribution in [0.4, 0.5) is 0 Å². The molecule has 0 amide bonds. The first-order valence-electron chi connectivity index (χ1n) is 11.2. The SMILES string of the molecule is Cc1cccc(-c2nc(CO[C@H]3CCCC(OCc4ccccc4B(O)O)C3)c(C)o2)c1. The highest BCUT2D eigenvalue weighted by molar-refractivity contribution is 6.59. The van der Waals surface area contributed by atoms with Crippen LogP contribution in [0.2, 0.25) is 0 Å². The van der Waals surface area contributed by atoms with E-state index in [4.69, 9.17) is 13.9 Å². The van der Waals surface area contributed by atoms with Crippen molar-refractivity contribution in [2.24, 2.45) is 0 Å². The van der Waals surface area contributed by atoms with Crippen molar-refractivity contribution < 1.29 is 23.9 Å². The molecular formula is C25H30BNO5. The average Bonchev–Trinajstić information content (AvgIpc) is 3.17. The number of benzene rings is 2. The zero-order valence-corrected chi connectivity index (χ0v) is 18.7. The third kappa shape index (κ3) is 5.67. The van der Waals surface area contributed by atoms with E-state index in [1.54, 1.807) is 12.1 Å². The first-order chi connectivity index (χ1) is 15.5. The summed E-state index contributed by atoms with van der Waals surface area (Å²) < 4.78 is 18.2. The van der Waals surface area contributed by atoms with Crippen LogP contribution in [-0.4, -0.2) is 34.4 Å². The maximum Gasteiger partial charge on any atom is 0.488 e. The molecule has 0 bridgehead atoms. The van der Waals surface area contributed by atoms with Gasteiger partial charge < -0.3 is 23.9 Å². The summed E-state index contributed by atoms with van der Waals surface area (Å²) in [5.41, 5.74) is 4.25. The normalized spacial score (nSPS) is 18.6. The van der Waals surface area contributed by atoms with Crippen molar-refractivity contribution in [3.8, 4) is 11.5 Å². The Morgan fingerprint density at radius 3 is 2.50 bits per heavy atom. The van der Waals surface area contributed by atoms with Gasteiger partial charge in [0.25, 0.3) is 0 Å². The van der Waals surface area contributed by atoms with Crippen molar-refractivity contribution in [3.63, 3.8) is 0 Å². The fraction of sp³-hybridized carbons (Fsp3) is 0.400. The summed E-state index contributed by atoms with van der Waals surface area (Å²) in [6.07, 6.45) is 4.00. The second-order valence-electron chi connectivity index (χ2n) is 8.50. The predicted molar refractivity (Wildman–Crippen MR) is 123 cm³/mol. The van der Waals surface area contributed by atoms with Gasteiger partial charge in [0.1, 0.15) is 11.5 Å². The van der Waals surface area contributed by atoms with Gasteiger partial charge in [-0.3, -0.25) is 0 Å². The van der Waals surface area contributed by atoms with Crippen LogP contribution in [0, 0.1) is 13.8 Å². The highest BCUT2D eigenvalue weighted by Crippen LogP contribution is 2.27. The Morgan fingerprint density at radius 1 is 1.00 bits per heavy atom. The van der Waals surface area contributed by atoms with Gasteiger partial charge in [-0.1, -0.05) is 42.0 Å². The van der Waals surface area contributed by atoms with E-state index in [1.807, 2.05) is 31.2 Å². The molecule has 0 spiro atoms. The summed E-state index contributed by atoms with van der Waals surface area (Å²) in [6, 6.07) is 15.4. The zero-order chi connectivity index (χ0) is 22.5. The van der Waals surface area contributed by atoms with E-state index in [9.17, 15) is 10.0 Å². The Kier molecular flexibility index (Phi) is 7.42. The summed E-state index contributed by atoms with van der Waals surface area (Å²) >= 11 is 0. The second kappa shape index (κ2) is 10.4.